The van der Waals surface area contributed by atoms with Crippen molar-refractivity contribution in [3.05, 3.63) is 30.0 Å². The second-order valence-electron chi connectivity index (χ2n) is 2.43. The number of halogens is 2. The molecule has 0 aliphatic rings. The molecule has 0 radical (unpaired) electrons. The molecule has 1 aromatic carbocycles. The van der Waals surface area contributed by atoms with Crippen LogP contribution < -0.4 is 0 Å². The van der Waals surface area contributed by atoms with Crippen LogP contribution in [0, 0.1) is 0 Å². The van der Waals surface area contributed by atoms with Crippen molar-refractivity contribution in [1.82, 2.24) is 10.2 Å². The molecule has 1 heterocycles. The highest BCUT2D eigenvalue weighted by molar-refractivity contribution is 6.17. The number of H-pyrrole nitrogens is 1. The number of aromatic nitrogens is 2. The molecule has 1 N–H and O–H groups in total. The molecule has 0 aliphatic carbocycles. The maximum absolute atomic E-state index is 5.66. The number of nitrogens with zero attached hydrogens (tertiary/aromatic N) is 1. The van der Waals surface area contributed by atoms with E-state index in [0.29, 0.717) is 5.88 Å². The lowest BCUT2D eigenvalue weighted by atomic mass is 10.2. The molecule has 2 nitrogen and oxygen atoms in total. The molecule has 0 spiro atoms. The number of nitrogens with one attached hydrogen (secondary N) is 1. The summed E-state index contributed by atoms with van der Waals surface area (Å²) in [5, 5.41) is 7.90. The van der Waals surface area contributed by atoms with E-state index in [0.717, 1.165) is 16.5 Å². The second-order valence-corrected chi connectivity index (χ2v) is 2.69. The summed E-state index contributed by atoms with van der Waals surface area (Å²) in [7, 11) is 0. The zero-order valence-electron chi connectivity index (χ0n) is 6.25. The third-order valence-corrected chi connectivity index (χ3v) is 1.97. The molecule has 64 valence electrons. The number of benzene rings is 1. The van der Waals surface area contributed by atoms with Crippen LogP contribution in [-0.2, 0) is 5.88 Å². The van der Waals surface area contributed by atoms with Crippen LogP contribution in [0.2, 0.25) is 0 Å². The highest BCUT2D eigenvalue weighted by atomic mass is 35.5. The monoisotopic (exact) mass is 202 g/mol. The molecule has 0 aliphatic heterocycles. The van der Waals surface area contributed by atoms with Gasteiger partial charge in [0, 0.05) is 11.3 Å². The van der Waals surface area contributed by atoms with Crippen LogP contribution in [0.4, 0.5) is 0 Å². The first-order valence-electron chi connectivity index (χ1n) is 3.38. The van der Waals surface area contributed by atoms with Crippen molar-refractivity contribution in [3.8, 4) is 0 Å². The topological polar surface area (TPSA) is 28.7 Å². The SMILES string of the molecule is Cl.ClCc1ccc2[nH]ncc2c1. The Morgan fingerprint density at radius 1 is 1.42 bits per heavy atom. The first-order chi connectivity index (χ1) is 5.40. The van der Waals surface area contributed by atoms with Gasteiger partial charge in [-0.2, -0.15) is 5.10 Å². The smallest absolute Gasteiger partial charge is 0.0650 e. The molecule has 1 aromatic heterocycles. The van der Waals surface area contributed by atoms with E-state index in [2.05, 4.69) is 10.2 Å². The molecule has 0 saturated heterocycles. The highest BCUT2D eigenvalue weighted by Crippen LogP contribution is 2.13. The zero-order valence-corrected chi connectivity index (χ0v) is 7.82. The molecule has 0 atom stereocenters. The predicted molar refractivity (Wildman–Crippen MR) is 52.9 cm³/mol. The van der Waals surface area contributed by atoms with Gasteiger partial charge in [0.05, 0.1) is 11.7 Å². The van der Waals surface area contributed by atoms with Crippen molar-refractivity contribution in [1.29, 1.82) is 0 Å². The zero-order chi connectivity index (χ0) is 7.68. The van der Waals surface area contributed by atoms with Gasteiger partial charge in [-0.15, -0.1) is 24.0 Å². The van der Waals surface area contributed by atoms with Crippen LogP contribution in [0.25, 0.3) is 10.9 Å². The van der Waals surface area contributed by atoms with Crippen molar-refractivity contribution in [2.45, 2.75) is 5.88 Å². The summed E-state index contributed by atoms with van der Waals surface area (Å²) in [6.07, 6.45) is 1.80. The van der Waals surface area contributed by atoms with E-state index in [4.69, 9.17) is 11.6 Å². The molecule has 12 heavy (non-hydrogen) atoms. The van der Waals surface area contributed by atoms with E-state index in [-0.39, 0.29) is 12.4 Å². The standard InChI is InChI=1S/C8H7ClN2.ClH/c9-4-6-1-2-8-7(3-6)5-10-11-8;/h1-3,5H,4H2,(H,10,11);1H. The molecule has 0 fully saturated rings. The van der Waals surface area contributed by atoms with Gasteiger partial charge < -0.3 is 0 Å². The minimum absolute atomic E-state index is 0. The van der Waals surface area contributed by atoms with Crippen molar-refractivity contribution < 1.29 is 0 Å². The van der Waals surface area contributed by atoms with Crippen LogP contribution in [0.5, 0.6) is 0 Å². The Morgan fingerprint density at radius 2 is 2.25 bits per heavy atom. The molecule has 4 heteroatoms. The van der Waals surface area contributed by atoms with Gasteiger partial charge in [0.1, 0.15) is 0 Å². The van der Waals surface area contributed by atoms with E-state index in [9.17, 15) is 0 Å². The Morgan fingerprint density at radius 3 is 3.00 bits per heavy atom. The normalized spacial score (nSPS) is 9.75. The largest absolute Gasteiger partial charge is 0.278 e. The molecule has 0 saturated carbocycles. The fourth-order valence-corrected chi connectivity index (χ4v) is 1.24. The summed E-state index contributed by atoms with van der Waals surface area (Å²) in [5.74, 6) is 0.557. The van der Waals surface area contributed by atoms with Gasteiger partial charge >= 0.3 is 0 Å². The minimum atomic E-state index is 0. The van der Waals surface area contributed by atoms with Crippen LogP contribution in [0.3, 0.4) is 0 Å². The van der Waals surface area contributed by atoms with E-state index in [1.807, 2.05) is 18.2 Å². The van der Waals surface area contributed by atoms with Gasteiger partial charge in [-0.05, 0) is 17.7 Å². The number of hydrogen-bond acceptors (Lipinski definition) is 1. The number of rotatable bonds is 1. The van der Waals surface area contributed by atoms with Gasteiger partial charge in [-0.3, -0.25) is 5.10 Å². The van der Waals surface area contributed by atoms with Gasteiger partial charge in [0.15, 0.2) is 0 Å². The van der Waals surface area contributed by atoms with Crippen LogP contribution >= 0.6 is 24.0 Å². The van der Waals surface area contributed by atoms with E-state index in [1.165, 1.54) is 0 Å². The Hall–Kier alpha value is -0.730. The summed E-state index contributed by atoms with van der Waals surface area (Å²) >= 11 is 5.66. The van der Waals surface area contributed by atoms with Gasteiger partial charge in [-0.25, -0.2) is 0 Å². The van der Waals surface area contributed by atoms with E-state index < -0.39 is 0 Å². The number of alkyl halides is 1. The van der Waals surface area contributed by atoms with Crippen molar-refractivity contribution in [3.63, 3.8) is 0 Å². The van der Waals surface area contributed by atoms with Crippen LogP contribution in [0.1, 0.15) is 5.56 Å². The molecular weight excluding hydrogens is 195 g/mol. The lowest BCUT2D eigenvalue weighted by Gasteiger charge is -1.92. The summed E-state index contributed by atoms with van der Waals surface area (Å²) in [4.78, 5) is 0. The van der Waals surface area contributed by atoms with Crippen LogP contribution in [-0.4, -0.2) is 10.2 Å². The lowest BCUT2D eigenvalue weighted by Crippen LogP contribution is -1.75. The first kappa shape index (κ1) is 9.36. The lowest BCUT2D eigenvalue weighted by molar-refractivity contribution is 1.12. The quantitative estimate of drug-likeness (QED) is 0.709. The van der Waals surface area contributed by atoms with Gasteiger partial charge in [0.25, 0.3) is 0 Å². The Bertz CT molecular complexity index is 370. The van der Waals surface area contributed by atoms with Gasteiger partial charge in [-0.1, -0.05) is 6.07 Å². The molecule has 2 aromatic rings. The molecule has 0 amide bonds. The molecule has 0 unspecified atom stereocenters. The summed E-state index contributed by atoms with van der Waals surface area (Å²) in [5.41, 5.74) is 2.18. The molecule has 0 bridgehead atoms. The predicted octanol–water partition coefficient (Wildman–Crippen LogP) is 2.72. The number of hydrogen-bond donors (Lipinski definition) is 1. The third-order valence-electron chi connectivity index (χ3n) is 1.66. The van der Waals surface area contributed by atoms with E-state index >= 15 is 0 Å². The van der Waals surface area contributed by atoms with Crippen molar-refractivity contribution in [2.75, 3.05) is 0 Å². The summed E-state index contributed by atoms with van der Waals surface area (Å²) in [6, 6.07) is 6.01. The average Bonchev–Trinajstić information content (AvgIpc) is 2.50. The summed E-state index contributed by atoms with van der Waals surface area (Å²) < 4.78 is 0. The third kappa shape index (κ3) is 1.54. The molecule has 2 rings (SSSR count). The molecular formula is C8H8Cl2N2. The first-order valence-corrected chi connectivity index (χ1v) is 3.91. The number of fused-ring (bicyclic) bond motifs is 1. The van der Waals surface area contributed by atoms with Crippen LogP contribution in [0.15, 0.2) is 24.4 Å². The second kappa shape index (κ2) is 3.78. The van der Waals surface area contributed by atoms with Gasteiger partial charge in [0.2, 0.25) is 0 Å². The Labute approximate surface area is 81.3 Å². The Balaban J connectivity index is 0.000000720. The number of aromatic amines is 1. The highest BCUT2D eigenvalue weighted by Gasteiger charge is 1.95. The minimum Gasteiger partial charge on any atom is -0.278 e. The maximum Gasteiger partial charge on any atom is 0.0650 e. The fourth-order valence-electron chi connectivity index (χ4n) is 1.08. The maximum atomic E-state index is 5.66. The van der Waals surface area contributed by atoms with E-state index in [1.54, 1.807) is 6.20 Å². The summed E-state index contributed by atoms with van der Waals surface area (Å²) in [6.45, 7) is 0. The average molecular weight is 203 g/mol. The fraction of sp³-hybridized carbons (Fsp3) is 0.125. The Kier molecular flexibility index (Phi) is 2.95. The van der Waals surface area contributed by atoms with Crippen molar-refractivity contribution >= 4 is 34.9 Å². The van der Waals surface area contributed by atoms with Crippen molar-refractivity contribution in [2.24, 2.45) is 0 Å².